The molecule has 3 heterocycles. The van der Waals surface area contributed by atoms with Crippen LogP contribution in [0.2, 0.25) is 0 Å². The Hall–Kier alpha value is -1.15. The van der Waals surface area contributed by atoms with Gasteiger partial charge < -0.3 is 4.90 Å². The molecule has 1 aromatic heterocycles. The number of thiazole rings is 1. The van der Waals surface area contributed by atoms with Crippen LogP contribution in [0.15, 0.2) is 0 Å². The summed E-state index contributed by atoms with van der Waals surface area (Å²) in [7, 11) is -3.04. The minimum atomic E-state index is -3.04. The van der Waals surface area contributed by atoms with Crippen molar-refractivity contribution in [2.75, 3.05) is 18.4 Å². The van der Waals surface area contributed by atoms with Gasteiger partial charge >= 0.3 is 6.03 Å². The number of likely N-dealkylation sites (tertiary alicyclic amines) is 1. The highest BCUT2D eigenvalue weighted by atomic mass is 32.2. The first-order valence-electron chi connectivity index (χ1n) is 7.66. The molecule has 2 fully saturated rings. The molecule has 2 unspecified atom stereocenters. The molecule has 0 radical (unpaired) electrons. The Labute approximate surface area is 134 Å². The number of amides is 2. The van der Waals surface area contributed by atoms with E-state index in [0.717, 1.165) is 28.5 Å². The normalized spacial score (nSPS) is 26.7. The van der Waals surface area contributed by atoms with Crippen LogP contribution in [0.5, 0.6) is 0 Å². The number of rotatable bonds is 2. The average molecular weight is 343 g/mol. The molecule has 1 aromatic rings. The van der Waals surface area contributed by atoms with E-state index in [1.54, 1.807) is 4.90 Å². The molecule has 2 atom stereocenters. The van der Waals surface area contributed by atoms with Crippen molar-refractivity contribution in [3.8, 4) is 0 Å². The number of carbonyl (C=O) groups excluding carboxylic acids is 1. The Morgan fingerprint density at radius 3 is 2.77 bits per heavy atom. The fraction of sp³-hybridized carbons (Fsp3) is 0.714. The van der Waals surface area contributed by atoms with Gasteiger partial charge in [-0.1, -0.05) is 6.92 Å². The molecule has 122 valence electrons. The van der Waals surface area contributed by atoms with Crippen molar-refractivity contribution in [3.63, 3.8) is 0 Å². The van der Waals surface area contributed by atoms with E-state index in [1.165, 1.54) is 11.3 Å². The molecule has 2 aliphatic heterocycles. The van der Waals surface area contributed by atoms with Gasteiger partial charge in [0.2, 0.25) is 0 Å². The van der Waals surface area contributed by atoms with Crippen LogP contribution in [0.1, 0.15) is 36.9 Å². The standard InChI is InChI=1S/C14H21N3O3S2/c1-3-12-15-9(2)13(21-12)16-14(18)17-7-6-10-4-5-11(8-17)22(10,19)20/h10-11H,3-8H2,1-2H3,(H,16,18). The number of nitrogens with zero attached hydrogens (tertiary/aromatic N) is 2. The molecular weight excluding hydrogens is 322 g/mol. The van der Waals surface area contributed by atoms with E-state index in [-0.39, 0.29) is 16.5 Å². The van der Waals surface area contributed by atoms with Crippen LogP contribution in [-0.4, -0.2) is 47.9 Å². The van der Waals surface area contributed by atoms with E-state index in [0.29, 0.717) is 25.9 Å². The molecule has 0 saturated carbocycles. The molecule has 22 heavy (non-hydrogen) atoms. The van der Waals surface area contributed by atoms with Gasteiger partial charge in [-0.05, 0) is 32.6 Å². The molecule has 8 heteroatoms. The monoisotopic (exact) mass is 343 g/mol. The van der Waals surface area contributed by atoms with Crippen molar-refractivity contribution in [2.24, 2.45) is 0 Å². The average Bonchev–Trinajstić information content (AvgIpc) is 2.87. The molecule has 2 amide bonds. The summed E-state index contributed by atoms with van der Waals surface area (Å²) in [6.07, 6.45) is 2.81. The third-order valence-electron chi connectivity index (χ3n) is 4.54. The van der Waals surface area contributed by atoms with Crippen molar-refractivity contribution in [2.45, 2.75) is 50.0 Å². The first-order chi connectivity index (χ1) is 10.4. The lowest BCUT2D eigenvalue weighted by molar-refractivity contribution is 0.209. The lowest BCUT2D eigenvalue weighted by Crippen LogP contribution is -2.40. The maximum absolute atomic E-state index is 12.5. The SMILES string of the molecule is CCc1nc(C)c(NC(=O)N2CCC3CCC(C2)S3(=O)=O)s1. The number of urea groups is 1. The molecule has 3 rings (SSSR count). The van der Waals surface area contributed by atoms with Gasteiger partial charge in [-0.25, -0.2) is 18.2 Å². The Bertz CT molecular complexity index is 684. The lowest BCUT2D eigenvalue weighted by Gasteiger charge is -2.23. The maximum Gasteiger partial charge on any atom is 0.322 e. The quantitative estimate of drug-likeness (QED) is 0.893. The van der Waals surface area contributed by atoms with Crippen molar-refractivity contribution in [3.05, 3.63) is 10.7 Å². The summed E-state index contributed by atoms with van der Waals surface area (Å²) in [5.41, 5.74) is 0.819. The molecular formula is C14H21N3O3S2. The largest absolute Gasteiger partial charge is 0.323 e. The predicted molar refractivity (Wildman–Crippen MR) is 87.2 cm³/mol. The van der Waals surface area contributed by atoms with Crippen LogP contribution in [0.3, 0.4) is 0 Å². The van der Waals surface area contributed by atoms with Gasteiger partial charge in [-0.15, -0.1) is 11.3 Å². The number of aromatic nitrogens is 1. The molecule has 0 aromatic carbocycles. The Morgan fingerprint density at radius 2 is 2.09 bits per heavy atom. The lowest BCUT2D eigenvalue weighted by atomic mass is 10.1. The van der Waals surface area contributed by atoms with Gasteiger partial charge in [-0.2, -0.15) is 0 Å². The minimum Gasteiger partial charge on any atom is -0.323 e. The third-order valence-corrected chi connectivity index (χ3v) is 8.47. The van der Waals surface area contributed by atoms with E-state index >= 15 is 0 Å². The number of nitrogens with one attached hydrogen (secondary N) is 1. The summed E-state index contributed by atoms with van der Waals surface area (Å²) in [6, 6.07) is -0.211. The molecule has 0 spiro atoms. The van der Waals surface area contributed by atoms with Gasteiger partial charge in [0.15, 0.2) is 9.84 Å². The predicted octanol–water partition coefficient (Wildman–Crippen LogP) is 2.20. The molecule has 2 saturated heterocycles. The maximum atomic E-state index is 12.5. The van der Waals surface area contributed by atoms with E-state index in [1.807, 2.05) is 13.8 Å². The van der Waals surface area contributed by atoms with Crippen LogP contribution in [0.25, 0.3) is 0 Å². The Morgan fingerprint density at radius 1 is 1.36 bits per heavy atom. The number of anilines is 1. The van der Waals surface area contributed by atoms with Crippen molar-refractivity contribution >= 4 is 32.2 Å². The van der Waals surface area contributed by atoms with Gasteiger partial charge in [0.05, 0.1) is 21.2 Å². The van der Waals surface area contributed by atoms with E-state index in [9.17, 15) is 13.2 Å². The number of sulfone groups is 1. The molecule has 2 aliphatic rings. The molecule has 1 N–H and O–H groups in total. The molecule has 6 nitrogen and oxygen atoms in total. The molecule has 0 aliphatic carbocycles. The van der Waals surface area contributed by atoms with Crippen LogP contribution in [-0.2, 0) is 16.3 Å². The third kappa shape index (κ3) is 2.74. The van der Waals surface area contributed by atoms with Gasteiger partial charge in [0, 0.05) is 13.1 Å². The summed E-state index contributed by atoms with van der Waals surface area (Å²) in [5.74, 6) is 0. The Kier molecular flexibility index (Phi) is 4.15. The Balaban J connectivity index is 1.72. The van der Waals surface area contributed by atoms with Gasteiger partial charge in [-0.3, -0.25) is 5.32 Å². The van der Waals surface area contributed by atoms with Crippen LogP contribution in [0.4, 0.5) is 9.80 Å². The highest BCUT2D eigenvalue weighted by molar-refractivity contribution is 7.93. The second kappa shape index (κ2) is 5.81. The first kappa shape index (κ1) is 15.7. The highest BCUT2D eigenvalue weighted by Gasteiger charge is 2.44. The van der Waals surface area contributed by atoms with E-state index in [4.69, 9.17) is 0 Å². The first-order valence-corrected chi connectivity index (χ1v) is 10.1. The molecule has 2 bridgehead atoms. The van der Waals surface area contributed by atoms with Crippen molar-refractivity contribution in [1.82, 2.24) is 9.88 Å². The van der Waals surface area contributed by atoms with Crippen LogP contribution < -0.4 is 5.32 Å². The van der Waals surface area contributed by atoms with Crippen LogP contribution in [0, 0.1) is 6.92 Å². The summed E-state index contributed by atoms with van der Waals surface area (Å²) in [6.45, 7) is 4.72. The zero-order chi connectivity index (χ0) is 15.9. The van der Waals surface area contributed by atoms with Crippen LogP contribution >= 0.6 is 11.3 Å². The van der Waals surface area contributed by atoms with Gasteiger partial charge in [0.1, 0.15) is 5.00 Å². The smallest absolute Gasteiger partial charge is 0.322 e. The number of fused-ring (bicyclic) bond motifs is 2. The van der Waals surface area contributed by atoms with E-state index < -0.39 is 9.84 Å². The fourth-order valence-electron chi connectivity index (χ4n) is 3.19. The number of hydrogen-bond acceptors (Lipinski definition) is 5. The second-order valence-electron chi connectivity index (χ2n) is 5.95. The topological polar surface area (TPSA) is 79.4 Å². The highest BCUT2D eigenvalue weighted by Crippen LogP contribution is 2.33. The van der Waals surface area contributed by atoms with E-state index in [2.05, 4.69) is 10.3 Å². The number of carbonyl (C=O) groups is 1. The number of hydrogen-bond donors (Lipinski definition) is 1. The fourth-order valence-corrected chi connectivity index (χ4v) is 6.38. The second-order valence-corrected chi connectivity index (χ2v) is 9.55. The zero-order valence-corrected chi connectivity index (χ0v) is 14.5. The van der Waals surface area contributed by atoms with Gasteiger partial charge in [0.25, 0.3) is 0 Å². The number of aryl methyl sites for hydroxylation is 2. The van der Waals surface area contributed by atoms with Crippen molar-refractivity contribution < 1.29 is 13.2 Å². The minimum absolute atomic E-state index is 0.211. The summed E-state index contributed by atoms with van der Waals surface area (Å²) >= 11 is 1.48. The van der Waals surface area contributed by atoms with Crippen molar-refractivity contribution in [1.29, 1.82) is 0 Å². The summed E-state index contributed by atoms with van der Waals surface area (Å²) in [5, 5.41) is 4.00. The summed E-state index contributed by atoms with van der Waals surface area (Å²) in [4.78, 5) is 18.5. The summed E-state index contributed by atoms with van der Waals surface area (Å²) < 4.78 is 24.5. The zero-order valence-electron chi connectivity index (χ0n) is 12.8.